The van der Waals surface area contributed by atoms with Crippen LogP contribution in [0.2, 0.25) is 0 Å². The highest BCUT2D eigenvalue weighted by molar-refractivity contribution is 7.48. The molecule has 0 aromatic carbocycles. The highest BCUT2D eigenvalue weighted by Crippen LogP contribution is 2.49. The molecule has 0 aromatic heterocycles. The molecule has 0 heterocycles. The maximum Gasteiger partial charge on any atom is 0.550 e. The van der Waals surface area contributed by atoms with Gasteiger partial charge in [-0.25, -0.2) is 4.57 Å². The van der Waals surface area contributed by atoms with E-state index in [1.165, 1.54) is 0 Å². The Labute approximate surface area is 105 Å². The first kappa shape index (κ1) is 14.5. The van der Waals surface area contributed by atoms with E-state index in [1.807, 2.05) is 0 Å². The lowest BCUT2D eigenvalue weighted by molar-refractivity contribution is 0.125. The van der Waals surface area contributed by atoms with Gasteiger partial charge in [-0.3, -0.25) is 13.7 Å². The molecule has 0 bridgehead atoms. The molecule has 0 aliphatic heterocycles. The van der Waals surface area contributed by atoms with Crippen molar-refractivity contribution in [3.63, 3.8) is 0 Å². The van der Waals surface area contributed by atoms with Crippen molar-refractivity contribution in [3.05, 3.63) is 10.7 Å². The Morgan fingerprint density at radius 3 is 2.35 bits per heavy atom. The van der Waals surface area contributed by atoms with Crippen molar-refractivity contribution in [2.75, 3.05) is 13.2 Å². The Kier molecular flexibility index (Phi) is 5.46. The highest BCUT2D eigenvalue weighted by atomic mass is 35.5. The fraction of sp³-hybridized carbons (Fsp3) is 0.667. The number of phosphoric acid groups is 1. The molecule has 0 unspecified atom stereocenters. The van der Waals surface area contributed by atoms with Gasteiger partial charge in [0.2, 0.25) is 0 Å². The van der Waals surface area contributed by atoms with Crippen LogP contribution in [-0.2, 0) is 18.2 Å². The first-order valence-corrected chi connectivity index (χ1v) is 7.15. The molecule has 1 aliphatic rings. The van der Waals surface area contributed by atoms with E-state index in [9.17, 15) is 4.57 Å². The summed E-state index contributed by atoms with van der Waals surface area (Å²) in [5, 5.41) is 4.05. The predicted octanol–water partition coefficient (Wildman–Crippen LogP) is 2.74. The van der Waals surface area contributed by atoms with Crippen LogP contribution < -0.4 is 5.73 Å². The standard InChI is InChI=1S/C9H16ClN2O4P/c1-3-14-17(13,15-4-2)16-12-8-6-5-7(11)9(8)10/h3-6,11H2,1-2H3/b12-8+. The summed E-state index contributed by atoms with van der Waals surface area (Å²) in [5.74, 6) is 0. The Morgan fingerprint density at radius 1 is 1.35 bits per heavy atom. The molecule has 6 nitrogen and oxygen atoms in total. The van der Waals surface area contributed by atoms with E-state index in [4.69, 9.17) is 31.0 Å². The molecule has 0 amide bonds. The van der Waals surface area contributed by atoms with Crippen LogP contribution in [0.15, 0.2) is 15.9 Å². The van der Waals surface area contributed by atoms with E-state index in [-0.39, 0.29) is 13.2 Å². The number of hydrogen-bond donors (Lipinski definition) is 1. The molecule has 8 heteroatoms. The molecule has 0 saturated carbocycles. The summed E-state index contributed by atoms with van der Waals surface area (Å²) in [6.07, 6.45) is 1.18. The molecule has 1 rings (SSSR count). The Hall–Kier alpha value is -0.550. The predicted molar refractivity (Wildman–Crippen MR) is 65.7 cm³/mol. The lowest BCUT2D eigenvalue weighted by Gasteiger charge is -2.13. The number of nitrogens with zero attached hydrogens (tertiary/aromatic N) is 1. The van der Waals surface area contributed by atoms with Gasteiger partial charge in [0, 0.05) is 12.1 Å². The third-order valence-corrected chi connectivity index (χ3v) is 3.88. The molecule has 0 aromatic rings. The summed E-state index contributed by atoms with van der Waals surface area (Å²) in [4.78, 5) is 0. The summed E-state index contributed by atoms with van der Waals surface area (Å²) in [7, 11) is -3.63. The van der Waals surface area contributed by atoms with Crippen molar-refractivity contribution < 1.29 is 18.2 Å². The van der Waals surface area contributed by atoms with E-state index in [2.05, 4.69) is 5.16 Å². The second kappa shape index (κ2) is 6.40. The van der Waals surface area contributed by atoms with Crippen molar-refractivity contribution in [1.82, 2.24) is 0 Å². The molecular formula is C9H16ClN2O4P. The maximum absolute atomic E-state index is 11.9. The number of oxime groups is 1. The topological polar surface area (TPSA) is 83.1 Å². The van der Waals surface area contributed by atoms with Gasteiger partial charge in [-0.1, -0.05) is 16.8 Å². The minimum Gasteiger partial charge on any atom is -0.401 e. The molecule has 2 N–H and O–H groups in total. The third kappa shape index (κ3) is 4.00. The van der Waals surface area contributed by atoms with Crippen LogP contribution in [0, 0.1) is 0 Å². The fourth-order valence-electron chi connectivity index (χ4n) is 1.24. The first-order valence-electron chi connectivity index (χ1n) is 5.31. The van der Waals surface area contributed by atoms with E-state index >= 15 is 0 Å². The van der Waals surface area contributed by atoms with Gasteiger partial charge in [0.15, 0.2) is 0 Å². The summed E-state index contributed by atoms with van der Waals surface area (Å²) >= 11 is 5.88. The van der Waals surface area contributed by atoms with Crippen molar-refractivity contribution >= 4 is 25.1 Å². The van der Waals surface area contributed by atoms with Gasteiger partial charge in [0.1, 0.15) is 5.71 Å². The number of halogens is 1. The van der Waals surface area contributed by atoms with E-state index in [1.54, 1.807) is 13.8 Å². The molecule has 1 aliphatic carbocycles. The maximum atomic E-state index is 11.9. The second-order valence-corrected chi connectivity index (χ2v) is 5.19. The van der Waals surface area contributed by atoms with Crippen molar-refractivity contribution in [1.29, 1.82) is 0 Å². The van der Waals surface area contributed by atoms with Gasteiger partial charge >= 0.3 is 7.82 Å². The number of hydrogen-bond acceptors (Lipinski definition) is 6. The van der Waals surface area contributed by atoms with Crippen LogP contribution >= 0.6 is 19.4 Å². The molecule has 0 fully saturated rings. The number of allylic oxidation sites excluding steroid dienone is 2. The number of nitrogens with two attached hydrogens (primary N) is 1. The molecule has 0 atom stereocenters. The largest absolute Gasteiger partial charge is 0.550 e. The quantitative estimate of drug-likeness (QED) is 0.598. The molecule has 17 heavy (non-hydrogen) atoms. The SMILES string of the molecule is CCOP(=O)(OCC)O/N=C1\CCC(N)=C1Cl. The van der Waals surface area contributed by atoms with Crippen LogP contribution in [0.1, 0.15) is 26.7 Å². The molecule has 0 radical (unpaired) electrons. The van der Waals surface area contributed by atoms with E-state index in [0.717, 1.165) is 0 Å². The smallest absolute Gasteiger partial charge is 0.401 e. The fourth-order valence-corrected chi connectivity index (χ4v) is 2.47. The van der Waals surface area contributed by atoms with Crippen LogP contribution in [0.3, 0.4) is 0 Å². The van der Waals surface area contributed by atoms with Gasteiger partial charge in [0.25, 0.3) is 0 Å². The number of phosphoric ester groups is 1. The Bertz CT molecular complexity index is 373. The summed E-state index contributed by atoms with van der Waals surface area (Å²) < 4.78 is 26.5. The minimum atomic E-state index is -3.63. The van der Waals surface area contributed by atoms with Crippen molar-refractivity contribution in [2.24, 2.45) is 10.9 Å². The lowest BCUT2D eigenvalue weighted by atomic mass is 10.3. The summed E-state index contributed by atoms with van der Waals surface area (Å²) in [6, 6.07) is 0. The van der Waals surface area contributed by atoms with Crippen LogP contribution in [-0.4, -0.2) is 18.9 Å². The molecule has 0 saturated heterocycles. The molecular weight excluding hydrogens is 267 g/mol. The monoisotopic (exact) mass is 282 g/mol. The van der Waals surface area contributed by atoms with Gasteiger partial charge in [0.05, 0.1) is 18.2 Å². The van der Waals surface area contributed by atoms with Gasteiger partial charge in [-0.2, -0.15) is 0 Å². The zero-order valence-electron chi connectivity index (χ0n) is 9.81. The Balaban J connectivity index is 2.70. The lowest BCUT2D eigenvalue weighted by Crippen LogP contribution is -2.00. The van der Waals surface area contributed by atoms with Crippen molar-refractivity contribution in [2.45, 2.75) is 26.7 Å². The zero-order valence-corrected chi connectivity index (χ0v) is 11.5. The normalized spacial score (nSPS) is 19.1. The van der Waals surface area contributed by atoms with Crippen LogP contribution in [0.4, 0.5) is 0 Å². The van der Waals surface area contributed by atoms with Crippen molar-refractivity contribution in [3.8, 4) is 0 Å². The molecule has 98 valence electrons. The third-order valence-electron chi connectivity index (χ3n) is 1.99. The van der Waals surface area contributed by atoms with Crippen LogP contribution in [0.25, 0.3) is 0 Å². The first-order chi connectivity index (χ1) is 8.02. The second-order valence-electron chi connectivity index (χ2n) is 3.24. The summed E-state index contributed by atoms with van der Waals surface area (Å²) in [6.45, 7) is 3.77. The highest BCUT2D eigenvalue weighted by Gasteiger charge is 2.28. The molecule has 0 spiro atoms. The van der Waals surface area contributed by atoms with E-state index in [0.29, 0.717) is 29.3 Å². The Morgan fingerprint density at radius 2 is 1.94 bits per heavy atom. The zero-order chi connectivity index (χ0) is 12.9. The minimum absolute atomic E-state index is 0.202. The van der Waals surface area contributed by atoms with Gasteiger partial charge < -0.3 is 5.73 Å². The van der Waals surface area contributed by atoms with E-state index < -0.39 is 7.82 Å². The summed E-state index contributed by atoms with van der Waals surface area (Å²) in [5.41, 5.74) is 6.62. The van der Waals surface area contributed by atoms with Gasteiger partial charge in [-0.05, 0) is 20.3 Å². The van der Waals surface area contributed by atoms with Gasteiger partial charge in [-0.15, -0.1) is 0 Å². The number of rotatable bonds is 6. The average Bonchev–Trinajstić information content (AvgIpc) is 2.58. The average molecular weight is 283 g/mol. The van der Waals surface area contributed by atoms with Crippen LogP contribution in [0.5, 0.6) is 0 Å².